The second-order valence-corrected chi connectivity index (χ2v) is 20.6. The van der Waals surface area contributed by atoms with Crippen LogP contribution >= 0.6 is 0 Å². The minimum absolute atomic E-state index is 0.0125. The number of pyridine rings is 2. The van der Waals surface area contributed by atoms with E-state index in [1.54, 1.807) is 0 Å². The maximum atomic E-state index is 6.97. The standard InChI is InChI=1S/C60H49BN4O2/c1-58(2,3)37-30-31-62-53(32-37)64-49-29-24-38(61-47-20-11-13-22-51(47)67-52-23-14-12-21-48(52)61)33-44(49)42-28-26-40(35-50(42)64)66-39-25-27-41-43-18-15-19-46-55(43)65-56(60(6,7)59(46,4)5)54(36-16-9-8-10-17-36)63-57(65)45(41)34-39/h8-35H,1-7H3. The molecule has 0 amide bonds. The van der Waals surface area contributed by atoms with Crippen LogP contribution in [0.4, 0.5) is 0 Å². The molecule has 0 aliphatic carbocycles. The highest BCUT2D eigenvalue weighted by atomic mass is 16.5. The van der Waals surface area contributed by atoms with Gasteiger partial charge in [-0.05, 0) is 93.5 Å². The summed E-state index contributed by atoms with van der Waals surface area (Å²) >= 11 is 0. The van der Waals surface area contributed by atoms with E-state index in [9.17, 15) is 0 Å². The molecule has 6 heterocycles. The molecule has 2 aliphatic heterocycles. The molecule has 0 N–H and O–H groups in total. The topological polar surface area (TPSA) is 53.6 Å². The molecule has 0 spiro atoms. The predicted molar refractivity (Wildman–Crippen MR) is 277 cm³/mol. The van der Waals surface area contributed by atoms with Crippen molar-refractivity contribution in [2.24, 2.45) is 0 Å². The van der Waals surface area contributed by atoms with Crippen molar-refractivity contribution in [3.05, 3.63) is 187 Å². The average Bonchev–Trinajstić information content (AvgIpc) is 3.90. The Kier molecular flexibility index (Phi) is 8.26. The summed E-state index contributed by atoms with van der Waals surface area (Å²) in [5, 5.41) is 5.72. The van der Waals surface area contributed by atoms with Crippen molar-refractivity contribution in [2.45, 2.75) is 64.7 Å². The maximum Gasteiger partial charge on any atom is 0.250 e. The number of aromatic nitrogens is 4. The van der Waals surface area contributed by atoms with Gasteiger partial charge in [-0.2, -0.15) is 0 Å². The van der Waals surface area contributed by atoms with Crippen LogP contribution in [-0.2, 0) is 16.2 Å². The van der Waals surface area contributed by atoms with Crippen LogP contribution in [0.5, 0.6) is 23.0 Å². The van der Waals surface area contributed by atoms with Crippen LogP contribution < -0.4 is 25.9 Å². The smallest absolute Gasteiger partial charge is 0.250 e. The Hall–Kier alpha value is -7.64. The van der Waals surface area contributed by atoms with E-state index in [0.717, 1.165) is 89.2 Å². The highest BCUT2D eigenvalue weighted by molar-refractivity contribution is 6.97. The molecule has 0 saturated carbocycles. The Balaban J connectivity index is 0.997. The van der Waals surface area contributed by atoms with E-state index in [0.29, 0.717) is 0 Å². The third-order valence-corrected chi connectivity index (χ3v) is 15.4. The second kappa shape index (κ2) is 13.9. The number of hydrogen-bond donors (Lipinski definition) is 0. The van der Waals surface area contributed by atoms with Crippen molar-refractivity contribution in [2.75, 3.05) is 0 Å². The first-order valence-corrected chi connectivity index (χ1v) is 23.4. The first kappa shape index (κ1) is 39.7. The molecule has 13 rings (SSSR count). The van der Waals surface area contributed by atoms with Crippen molar-refractivity contribution < 1.29 is 9.47 Å². The fourth-order valence-electron chi connectivity index (χ4n) is 11.3. The molecule has 0 saturated heterocycles. The van der Waals surface area contributed by atoms with Crippen LogP contribution in [-0.4, -0.2) is 25.6 Å². The second-order valence-electron chi connectivity index (χ2n) is 20.6. The van der Waals surface area contributed by atoms with E-state index in [1.165, 1.54) is 33.2 Å². The summed E-state index contributed by atoms with van der Waals surface area (Å²) in [6, 6.07) is 58.6. The van der Waals surface area contributed by atoms with Gasteiger partial charge in [-0.25, -0.2) is 9.97 Å². The minimum Gasteiger partial charge on any atom is -0.458 e. The van der Waals surface area contributed by atoms with E-state index in [-0.39, 0.29) is 23.0 Å². The van der Waals surface area contributed by atoms with Gasteiger partial charge in [0.2, 0.25) is 0 Å². The zero-order valence-corrected chi connectivity index (χ0v) is 38.8. The average molecular weight is 869 g/mol. The van der Waals surface area contributed by atoms with Crippen LogP contribution in [0.25, 0.3) is 66.2 Å². The Morgan fingerprint density at radius 1 is 0.582 bits per heavy atom. The summed E-state index contributed by atoms with van der Waals surface area (Å²) in [4.78, 5) is 10.6. The number of imidazole rings is 1. The van der Waals surface area contributed by atoms with E-state index >= 15 is 0 Å². The number of nitrogens with zero attached hydrogens (tertiary/aromatic N) is 4. The summed E-state index contributed by atoms with van der Waals surface area (Å²) in [5.74, 6) is 4.16. The molecule has 0 fully saturated rings. The Morgan fingerprint density at radius 2 is 1.28 bits per heavy atom. The summed E-state index contributed by atoms with van der Waals surface area (Å²) in [6.07, 6.45) is 1.94. The van der Waals surface area contributed by atoms with Gasteiger partial charge in [-0.3, -0.25) is 8.97 Å². The summed E-state index contributed by atoms with van der Waals surface area (Å²) in [6.45, 7) is 16.3. The Bertz CT molecular complexity index is 3830. The molecule has 0 radical (unpaired) electrons. The van der Waals surface area contributed by atoms with E-state index in [1.807, 2.05) is 18.3 Å². The zero-order valence-electron chi connectivity index (χ0n) is 38.8. The van der Waals surface area contributed by atoms with Crippen LogP contribution in [0.1, 0.15) is 65.3 Å². The number of hydrogen-bond acceptors (Lipinski definition) is 4. The lowest BCUT2D eigenvalue weighted by Crippen LogP contribution is -2.54. The van der Waals surface area contributed by atoms with Gasteiger partial charge in [-0.15, -0.1) is 0 Å². The van der Waals surface area contributed by atoms with Crippen molar-refractivity contribution in [1.82, 2.24) is 18.9 Å². The molecule has 0 atom stereocenters. The fraction of sp³-hybridized carbons (Fsp3) is 0.167. The summed E-state index contributed by atoms with van der Waals surface area (Å²) in [7, 11) is 0. The van der Waals surface area contributed by atoms with Gasteiger partial charge in [0, 0.05) is 50.2 Å². The normalized spacial score (nSPS) is 14.8. The number of fused-ring (bicyclic) bond motifs is 8. The number of benzene rings is 7. The molecule has 2 aliphatic rings. The third kappa shape index (κ3) is 5.70. The molecule has 6 nitrogen and oxygen atoms in total. The third-order valence-electron chi connectivity index (χ3n) is 15.4. The zero-order chi connectivity index (χ0) is 45.6. The van der Waals surface area contributed by atoms with Gasteiger partial charge in [0.25, 0.3) is 6.71 Å². The highest BCUT2D eigenvalue weighted by Crippen LogP contribution is 2.54. The molecule has 324 valence electrons. The SMILES string of the molecule is CC(C)(C)c1ccnc(-n2c3ccc(B4c5ccccc5Oc5ccccc54)cc3c3ccc(Oc4ccc5c(c4)c4nc(-c6ccccc6)c6n4c4c(cccc54)C(C)(C)C6(C)C)cc32)c1. The van der Waals surface area contributed by atoms with Crippen LogP contribution in [0.2, 0.25) is 0 Å². The van der Waals surface area contributed by atoms with Crippen molar-refractivity contribution in [3.8, 4) is 40.1 Å². The van der Waals surface area contributed by atoms with Gasteiger partial charge in [0.1, 0.15) is 34.5 Å². The quantitative estimate of drug-likeness (QED) is 0.128. The van der Waals surface area contributed by atoms with Gasteiger partial charge in [0.05, 0.1) is 27.9 Å². The monoisotopic (exact) mass is 868 g/mol. The van der Waals surface area contributed by atoms with Crippen molar-refractivity contribution >= 4 is 72.2 Å². The minimum atomic E-state index is -0.226. The van der Waals surface area contributed by atoms with Gasteiger partial charge in [-0.1, -0.05) is 151 Å². The Morgan fingerprint density at radius 3 is 2.03 bits per heavy atom. The van der Waals surface area contributed by atoms with Gasteiger partial charge >= 0.3 is 0 Å². The number of para-hydroxylation sites is 3. The number of ether oxygens (including phenoxy) is 2. The lowest BCUT2D eigenvalue weighted by Gasteiger charge is -2.46. The summed E-state index contributed by atoms with van der Waals surface area (Å²) in [5.41, 5.74) is 13.3. The maximum absolute atomic E-state index is 6.97. The largest absolute Gasteiger partial charge is 0.458 e. The van der Waals surface area contributed by atoms with Crippen LogP contribution in [0.3, 0.4) is 0 Å². The fourth-order valence-corrected chi connectivity index (χ4v) is 11.3. The predicted octanol–water partition coefficient (Wildman–Crippen LogP) is 13.1. The molecule has 0 bridgehead atoms. The molecule has 7 aromatic carbocycles. The molecule has 11 aromatic rings. The van der Waals surface area contributed by atoms with E-state index in [4.69, 9.17) is 19.4 Å². The van der Waals surface area contributed by atoms with Crippen molar-refractivity contribution in [3.63, 3.8) is 0 Å². The van der Waals surface area contributed by atoms with Crippen molar-refractivity contribution in [1.29, 1.82) is 0 Å². The van der Waals surface area contributed by atoms with Crippen LogP contribution in [0.15, 0.2) is 170 Å². The first-order valence-electron chi connectivity index (χ1n) is 23.4. The summed E-state index contributed by atoms with van der Waals surface area (Å²) < 4.78 is 18.2. The molecule has 7 heteroatoms. The van der Waals surface area contributed by atoms with Gasteiger partial charge in [0.15, 0.2) is 0 Å². The molecular formula is C60H49BN4O2. The van der Waals surface area contributed by atoms with Gasteiger partial charge < -0.3 is 9.47 Å². The lowest BCUT2D eigenvalue weighted by molar-refractivity contribution is 0.289. The highest BCUT2D eigenvalue weighted by Gasteiger charge is 2.48. The molecule has 67 heavy (non-hydrogen) atoms. The molecule has 0 unspecified atom stereocenters. The number of rotatable bonds is 5. The lowest BCUT2D eigenvalue weighted by atomic mass is 9.36. The molecule has 4 aromatic heterocycles. The Labute approximate surface area is 390 Å². The van der Waals surface area contributed by atoms with E-state index < -0.39 is 0 Å². The van der Waals surface area contributed by atoms with Crippen LogP contribution in [0, 0.1) is 0 Å². The molecular weight excluding hydrogens is 819 g/mol. The van der Waals surface area contributed by atoms with E-state index in [2.05, 4.69) is 209 Å². The first-order chi connectivity index (χ1) is 32.4.